The molecule has 0 N–H and O–H groups in total. The molecular formula is C55H39N. The highest BCUT2D eigenvalue weighted by Crippen LogP contribution is 2.65. The van der Waals surface area contributed by atoms with Gasteiger partial charge in [0.25, 0.3) is 0 Å². The fraction of sp³-hybridized carbons (Fsp3) is 0.0545. The Balaban J connectivity index is 1.20. The summed E-state index contributed by atoms with van der Waals surface area (Å²) in [5.74, 6) is 0. The number of anilines is 3. The van der Waals surface area contributed by atoms with E-state index in [4.69, 9.17) is 0 Å². The highest BCUT2D eigenvalue weighted by atomic mass is 15.1. The molecule has 0 bridgehead atoms. The third-order valence-electron chi connectivity index (χ3n) is 12.1. The Morgan fingerprint density at radius 1 is 0.393 bits per heavy atom. The number of hydrogen-bond acceptors (Lipinski definition) is 1. The summed E-state index contributed by atoms with van der Waals surface area (Å²) in [5, 5.41) is 0. The van der Waals surface area contributed by atoms with Crippen molar-refractivity contribution in [3.05, 3.63) is 240 Å². The largest absolute Gasteiger partial charge is 0.310 e. The maximum absolute atomic E-state index is 2.51. The predicted molar refractivity (Wildman–Crippen MR) is 234 cm³/mol. The average Bonchev–Trinajstić information content (AvgIpc) is 3.76. The second-order valence-corrected chi connectivity index (χ2v) is 15.1. The highest BCUT2D eigenvalue weighted by molar-refractivity contribution is 6.02. The number of allylic oxidation sites excluding steroid dienone is 4. The van der Waals surface area contributed by atoms with Gasteiger partial charge in [-0.05, 0) is 122 Å². The second-order valence-electron chi connectivity index (χ2n) is 15.1. The van der Waals surface area contributed by atoms with Gasteiger partial charge in [0.05, 0.1) is 11.1 Å². The van der Waals surface area contributed by atoms with Gasteiger partial charge in [-0.15, -0.1) is 0 Å². The SMILES string of the molecule is C1=CC2=C(CC1)c1ccccc1C21c2ccccc2-c2c(N(c3ccc(-c4ccccc4)cc3)c3cc(-c4ccccc4)cc(-c4ccccc4)c3)cccc21. The number of benzene rings is 8. The zero-order valence-electron chi connectivity index (χ0n) is 31.1. The van der Waals surface area contributed by atoms with Gasteiger partial charge in [0.1, 0.15) is 0 Å². The fourth-order valence-corrected chi connectivity index (χ4v) is 9.78. The Morgan fingerprint density at radius 2 is 0.911 bits per heavy atom. The topological polar surface area (TPSA) is 3.24 Å². The molecule has 56 heavy (non-hydrogen) atoms. The van der Waals surface area contributed by atoms with Crippen LogP contribution in [-0.2, 0) is 5.41 Å². The summed E-state index contributed by atoms with van der Waals surface area (Å²) in [6, 6.07) is 73.9. The monoisotopic (exact) mass is 713 g/mol. The van der Waals surface area contributed by atoms with Crippen molar-refractivity contribution in [2.45, 2.75) is 18.3 Å². The molecule has 1 spiro atoms. The van der Waals surface area contributed by atoms with E-state index < -0.39 is 0 Å². The minimum atomic E-state index is -0.380. The predicted octanol–water partition coefficient (Wildman–Crippen LogP) is 14.6. The number of fused-ring (bicyclic) bond motifs is 9. The van der Waals surface area contributed by atoms with E-state index in [0.717, 1.165) is 24.2 Å². The summed E-state index contributed by atoms with van der Waals surface area (Å²) in [6.45, 7) is 0. The molecule has 0 aliphatic heterocycles. The summed E-state index contributed by atoms with van der Waals surface area (Å²) in [5.41, 5.74) is 21.2. The van der Waals surface area contributed by atoms with Crippen molar-refractivity contribution in [2.75, 3.05) is 4.90 Å². The molecule has 3 aliphatic rings. The molecule has 0 saturated heterocycles. The van der Waals surface area contributed by atoms with Crippen molar-refractivity contribution in [1.82, 2.24) is 0 Å². The Morgan fingerprint density at radius 3 is 1.55 bits per heavy atom. The van der Waals surface area contributed by atoms with Gasteiger partial charge in [0, 0.05) is 16.9 Å². The van der Waals surface area contributed by atoms with Gasteiger partial charge >= 0.3 is 0 Å². The zero-order chi connectivity index (χ0) is 37.1. The first kappa shape index (κ1) is 32.5. The van der Waals surface area contributed by atoms with E-state index in [2.05, 4.69) is 217 Å². The van der Waals surface area contributed by atoms with Crippen LogP contribution in [0.1, 0.15) is 35.1 Å². The van der Waals surface area contributed by atoms with E-state index >= 15 is 0 Å². The normalized spacial score (nSPS) is 16.0. The summed E-state index contributed by atoms with van der Waals surface area (Å²) in [7, 11) is 0. The van der Waals surface area contributed by atoms with Gasteiger partial charge in [-0.2, -0.15) is 0 Å². The minimum absolute atomic E-state index is 0.380. The van der Waals surface area contributed by atoms with E-state index in [9.17, 15) is 0 Å². The lowest BCUT2D eigenvalue weighted by Gasteiger charge is -2.33. The summed E-state index contributed by atoms with van der Waals surface area (Å²) in [6.07, 6.45) is 6.97. The third kappa shape index (κ3) is 4.94. The first-order chi connectivity index (χ1) is 27.8. The smallest absolute Gasteiger partial charge is 0.0722 e. The fourth-order valence-electron chi connectivity index (χ4n) is 9.78. The van der Waals surface area contributed by atoms with Crippen LogP contribution in [0.3, 0.4) is 0 Å². The Bertz CT molecular complexity index is 2770. The molecule has 264 valence electrons. The van der Waals surface area contributed by atoms with Crippen molar-refractivity contribution in [1.29, 1.82) is 0 Å². The molecule has 0 heterocycles. The molecule has 1 heteroatoms. The third-order valence-corrected chi connectivity index (χ3v) is 12.1. The van der Waals surface area contributed by atoms with E-state index in [1.54, 1.807) is 0 Å². The quantitative estimate of drug-likeness (QED) is 0.166. The molecule has 0 saturated carbocycles. The van der Waals surface area contributed by atoms with Crippen LogP contribution >= 0.6 is 0 Å². The van der Waals surface area contributed by atoms with Crippen LogP contribution < -0.4 is 4.90 Å². The van der Waals surface area contributed by atoms with Gasteiger partial charge in [-0.25, -0.2) is 0 Å². The molecule has 8 aromatic carbocycles. The van der Waals surface area contributed by atoms with Crippen LogP contribution in [0.5, 0.6) is 0 Å². The van der Waals surface area contributed by atoms with Gasteiger partial charge in [-0.1, -0.05) is 176 Å². The highest BCUT2D eigenvalue weighted by Gasteiger charge is 2.53. The molecule has 1 atom stereocenters. The summed E-state index contributed by atoms with van der Waals surface area (Å²) < 4.78 is 0. The molecule has 1 unspecified atom stereocenters. The molecule has 1 nitrogen and oxygen atoms in total. The molecule has 0 aromatic heterocycles. The Labute approximate surface area is 329 Å². The van der Waals surface area contributed by atoms with E-state index in [-0.39, 0.29) is 5.41 Å². The standard InChI is InChI=1S/C55H39N/c1-4-17-38(18-5-1)41-31-33-44(34-32-41)56(45-36-42(39-19-6-2-7-20-39)35-43(37-45)40-21-8-3-9-22-40)53-30-16-29-52-54(53)48-25-12-15-28-51(48)55(52)49-26-13-10-23-46(49)47-24-11-14-27-50(47)55/h1-10,12-23,25-37H,11,24H2. The molecular weight excluding hydrogens is 675 g/mol. The first-order valence-electron chi connectivity index (χ1n) is 19.7. The number of nitrogens with zero attached hydrogens (tertiary/aromatic N) is 1. The van der Waals surface area contributed by atoms with Crippen molar-refractivity contribution in [3.8, 4) is 44.5 Å². The lowest BCUT2D eigenvalue weighted by Crippen LogP contribution is -2.27. The van der Waals surface area contributed by atoms with Crippen LogP contribution in [0.2, 0.25) is 0 Å². The van der Waals surface area contributed by atoms with Crippen LogP contribution in [0.25, 0.3) is 50.1 Å². The van der Waals surface area contributed by atoms with Gasteiger partial charge in [0.15, 0.2) is 0 Å². The van der Waals surface area contributed by atoms with Crippen LogP contribution in [0.4, 0.5) is 17.1 Å². The van der Waals surface area contributed by atoms with E-state index in [0.29, 0.717) is 0 Å². The molecule has 0 radical (unpaired) electrons. The van der Waals surface area contributed by atoms with Crippen LogP contribution in [0, 0.1) is 0 Å². The van der Waals surface area contributed by atoms with Gasteiger partial charge in [-0.3, -0.25) is 0 Å². The molecule has 3 aliphatic carbocycles. The van der Waals surface area contributed by atoms with Crippen LogP contribution in [-0.4, -0.2) is 0 Å². The van der Waals surface area contributed by atoms with E-state index in [1.165, 1.54) is 83.6 Å². The van der Waals surface area contributed by atoms with Gasteiger partial charge in [0.2, 0.25) is 0 Å². The maximum Gasteiger partial charge on any atom is 0.0722 e. The second kappa shape index (κ2) is 13.1. The number of hydrogen-bond donors (Lipinski definition) is 0. The Kier molecular flexibility index (Phi) is 7.60. The molecule has 8 aromatic rings. The summed E-state index contributed by atoms with van der Waals surface area (Å²) in [4.78, 5) is 2.51. The van der Waals surface area contributed by atoms with E-state index in [1.807, 2.05) is 0 Å². The minimum Gasteiger partial charge on any atom is -0.310 e. The van der Waals surface area contributed by atoms with Gasteiger partial charge < -0.3 is 4.90 Å². The first-order valence-corrected chi connectivity index (χ1v) is 19.7. The van der Waals surface area contributed by atoms with Crippen molar-refractivity contribution < 1.29 is 0 Å². The lowest BCUT2D eigenvalue weighted by molar-refractivity contribution is 0.780. The average molecular weight is 714 g/mol. The van der Waals surface area contributed by atoms with Crippen molar-refractivity contribution in [2.24, 2.45) is 0 Å². The molecule has 11 rings (SSSR count). The molecule has 0 amide bonds. The lowest BCUT2D eigenvalue weighted by atomic mass is 9.69. The van der Waals surface area contributed by atoms with Crippen LogP contribution in [0.15, 0.2) is 218 Å². The van der Waals surface area contributed by atoms with Crippen molar-refractivity contribution in [3.63, 3.8) is 0 Å². The maximum atomic E-state index is 2.51. The Hall–Kier alpha value is -6.96. The summed E-state index contributed by atoms with van der Waals surface area (Å²) >= 11 is 0. The van der Waals surface area contributed by atoms with Crippen molar-refractivity contribution >= 4 is 22.6 Å². The zero-order valence-corrected chi connectivity index (χ0v) is 31.1. The molecule has 0 fully saturated rings. The number of rotatable bonds is 6.